The molecule has 5 heterocycles. The number of urea groups is 1. The lowest BCUT2D eigenvalue weighted by Gasteiger charge is -2.40. The fraction of sp³-hybridized carbons (Fsp3) is 0.475. The van der Waals surface area contributed by atoms with Crippen LogP contribution < -0.4 is 10.6 Å². The van der Waals surface area contributed by atoms with E-state index in [1.54, 1.807) is 18.0 Å². The number of benzene rings is 2. The minimum atomic E-state index is -1.21. The van der Waals surface area contributed by atoms with Gasteiger partial charge in [0.2, 0.25) is 0 Å². The molecule has 2 N–H and O–H groups in total. The van der Waals surface area contributed by atoms with Crippen LogP contribution in [0, 0.1) is 29.4 Å². The van der Waals surface area contributed by atoms with Crippen LogP contribution in [0.3, 0.4) is 0 Å². The predicted molar refractivity (Wildman–Crippen MR) is 198 cm³/mol. The molecule has 13 nitrogen and oxygen atoms in total. The summed E-state index contributed by atoms with van der Waals surface area (Å²) in [6.07, 6.45) is 3.45. The molecule has 2 aromatic carbocycles. The average Bonchev–Trinajstić information content (AvgIpc) is 3.87. The van der Waals surface area contributed by atoms with E-state index in [4.69, 9.17) is 14.5 Å². The fourth-order valence-electron chi connectivity index (χ4n) is 7.81. The number of halogens is 3. The van der Waals surface area contributed by atoms with E-state index in [1.807, 2.05) is 34.9 Å². The molecule has 4 aliphatic heterocycles. The van der Waals surface area contributed by atoms with Gasteiger partial charge >= 0.3 is 12.1 Å². The highest BCUT2D eigenvalue weighted by molar-refractivity contribution is 6.12. The number of nitrogens with one attached hydrogen (secondary N) is 2. The number of rotatable bonds is 13. The van der Waals surface area contributed by atoms with Crippen molar-refractivity contribution in [2.24, 2.45) is 17.8 Å². The molecule has 5 amide bonds. The van der Waals surface area contributed by atoms with Crippen molar-refractivity contribution in [3.8, 4) is 11.3 Å². The number of nitrogens with zero attached hydrogens (tertiary/aromatic N) is 5. The maximum Gasteiger partial charge on any atom is 0.409 e. The third-order valence-corrected chi connectivity index (χ3v) is 10.9. The van der Waals surface area contributed by atoms with Gasteiger partial charge in [0, 0.05) is 94.8 Å². The summed E-state index contributed by atoms with van der Waals surface area (Å²) in [7, 11) is 0. The Balaban J connectivity index is 1.13. The van der Waals surface area contributed by atoms with Crippen LogP contribution in [0.25, 0.3) is 11.3 Å². The normalized spacial score (nSPS) is 21.3. The van der Waals surface area contributed by atoms with Gasteiger partial charge in [0.15, 0.2) is 0 Å². The molecule has 0 radical (unpaired) electrons. The second-order valence-corrected chi connectivity index (χ2v) is 15.0. The summed E-state index contributed by atoms with van der Waals surface area (Å²) in [6.45, 7) is 4.10. The predicted octanol–water partition coefficient (Wildman–Crippen LogP) is 4.30. The summed E-state index contributed by atoms with van der Waals surface area (Å²) < 4.78 is 58.1. The van der Waals surface area contributed by atoms with Crippen molar-refractivity contribution in [3.63, 3.8) is 0 Å². The van der Waals surface area contributed by atoms with Crippen LogP contribution in [0.15, 0.2) is 66.9 Å². The Morgan fingerprint density at radius 3 is 2.48 bits per heavy atom. The van der Waals surface area contributed by atoms with Crippen LogP contribution >= 0.6 is 0 Å². The van der Waals surface area contributed by atoms with Crippen LogP contribution in [0.2, 0.25) is 0 Å². The van der Waals surface area contributed by atoms with E-state index < -0.39 is 47.9 Å². The topological polar surface area (TPSA) is 138 Å². The van der Waals surface area contributed by atoms with Crippen molar-refractivity contribution in [2.45, 2.75) is 44.6 Å². The van der Waals surface area contributed by atoms with Gasteiger partial charge in [0.1, 0.15) is 30.2 Å². The Kier molecular flexibility index (Phi) is 12.0. The summed E-state index contributed by atoms with van der Waals surface area (Å²) in [4.78, 5) is 60.4. The van der Waals surface area contributed by atoms with Gasteiger partial charge in [-0.1, -0.05) is 30.3 Å². The molecule has 4 aliphatic rings. The Hall–Kier alpha value is -5.22. The second kappa shape index (κ2) is 17.3. The molecule has 0 saturated carbocycles. The molecule has 56 heavy (non-hydrogen) atoms. The zero-order chi connectivity index (χ0) is 39.3. The van der Waals surface area contributed by atoms with Crippen LogP contribution in [-0.2, 0) is 25.6 Å². The molecule has 0 aliphatic carbocycles. The summed E-state index contributed by atoms with van der Waals surface area (Å²) >= 11 is 0. The molecule has 1 aromatic heterocycles. The van der Waals surface area contributed by atoms with Crippen LogP contribution in [0.5, 0.6) is 0 Å². The third kappa shape index (κ3) is 8.91. The first-order valence-electron chi connectivity index (χ1n) is 19.0. The molecule has 16 heteroatoms. The van der Waals surface area contributed by atoms with Gasteiger partial charge in [-0.25, -0.2) is 27.7 Å². The van der Waals surface area contributed by atoms with Gasteiger partial charge < -0.3 is 34.5 Å². The maximum absolute atomic E-state index is 15.3. The first-order chi connectivity index (χ1) is 27.0. The van der Waals surface area contributed by atoms with Crippen molar-refractivity contribution in [3.05, 3.63) is 89.9 Å². The monoisotopic (exact) mass is 777 g/mol. The Morgan fingerprint density at radius 2 is 1.79 bits per heavy atom. The van der Waals surface area contributed by atoms with Crippen molar-refractivity contribution in [2.75, 3.05) is 59.1 Å². The number of ether oxygens (including phenoxy) is 2. The number of hydrogen-bond donors (Lipinski definition) is 2. The smallest absolute Gasteiger partial charge is 0.409 e. The van der Waals surface area contributed by atoms with Gasteiger partial charge in [0.05, 0.1) is 17.8 Å². The minimum Gasteiger partial charge on any atom is -0.447 e. The summed E-state index contributed by atoms with van der Waals surface area (Å²) in [6, 6.07) is 10.9. The number of amides is 5. The maximum atomic E-state index is 15.3. The number of aromatic nitrogens is 2. The Bertz CT molecular complexity index is 1920. The first-order valence-corrected chi connectivity index (χ1v) is 19.0. The average molecular weight is 778 g/mol. The molecule has 3 saturated heterocycles. The quantitative estimate of drug-likeness (QED) is 0.246. The van der Waals surface area contributed by atoms with Crippen molar-refractivity contribution in [1.82, 2.24) is 34.9 Å². The molecular formula is C40H46F3N7O6. The van der Waals surface area contributed by atoms with E-state index in [0.29, 0.717) is 58.1 Å². The number of carbonyl (C=O) groups is 4. The highest BCUT2D eigenvalue weighted by Gasteiger charge is 2.41. The number of carbonyl (C=O) groups excluding carboxylic acids is 4. The summed E-state index contributed by atoms with van der Waals surface area (Å²) in [5.74, 6) is -2.37. The Morgan fingerprint density at radius 1 is 1.05 bits per heavy atom. The first kappa shape index (κ1) is 39.0. The molecule has 0 bridgehead atoms. The molecule has 4 atom stereocenters. The van der Waals surface area contributed by atoms with Gasteiger partial charge in [-0.3, -0.25) is 14.5 Å². The standard InChI is InChI=1S/C40H46F3N7O6/c1-25(24-56-40(54)48-19-27(20-48)21-49-35(51)9-10-36(49)52)45-39(53)50(22-29-16-44-17-33(29)43)37(28-11-13-55-14-12-28)38-46-34(31-15-30(41)7-8-32(31)42)23-47(38)18-26-5-3-2-4-6-26/h2-10,15,23,25,27-29,33,37,44H,11-14,16-22,24H2,1H3,(H,45,53). The molecule has 3 aromatic rings. The molecular weight excluding hydrogens is 731 g/mol. The largest absolute Gasteiger partial charge is 0.447 e. The van der Waals surface area contributed by atoms with Gasteiger partial charge in [0.25, 0.3) is 11.8 Å². The second-order valence-electron chi connectivity index (χ2n) is 15.0. The van der Waals surface area contributed by atoms with Crippen molar-refractivity contribution < 1.29 is 41.8 Å². The van der Waals surface area contributed by atoms with Crippen molar-refractivity contribution >= 4 is 23.9 Å². The lowest BCUT2D eigenvalue weighted by Crippen LogP contribution is -2.55. The molecule has 0 spiro atoms. The zero-order valence-electron chi connectivity index (χ0n) is 31.1. The molecule has 4 unspecified atom stereocenters. The SMILES string of the molecule is CC(COC(=O)N1CC(CN2C(=O)C=CC2=O)C1)NC(=O)N(CC1CNCC1F)C(c1nc(-c2cc(F)ccc2F)cn1Cc1ccccc1)C1CCOCC1. The minimum absolute atomic E-state index is 0.0254. The molecule has 3 fully saturated rings. The van der Waals surface area contributed by atoms with E-state index in [0.717, 1.165) is 28.7 Å². The van der Waals surface area contributed by atoms with Crippen LogP contribution in [0.4, 0.5) is 22.8 Å². The number of imide groups is 1. The van der Waals surface area contributed by atoms with E-state index in [2.05, 4.69) is 10.6 Å². The van der Waals surface area contributed by atoms with Gasteiger partial charge in [-0.2, -0.15) is 0 Å². The van der Waals surface area contributed by atoms with E-state index in [1.165, 1.54) is 17.1 Å². The van der Waals surface area contributed by atoms with E-state index >= 15 is 8.78 Å². The molecule has 7 rings (SSSR count). The number of likely N-dealkylation sites (tertiary alicyclic amines) is 1. The van der Waals surface area contributed by atoms with E-state index in [9.17, 15) is 23.6 Å². The third-order valence-electron chi connectivity index (χ3n) is 10.9. The summed E-state index contributed by atoms with van der Waals surface area (Å²) in [5.41, 5.74) is 1.09. The molecule has 298 valence electrons. The lowest BCUT2D eigenvalue weighted by molar-refractivity contribution is -0.138. The van der Waals surface area contributed by atoms with Crippen LogP contribution in [-0.4, -0.2) is 119 Å². The highest BCUT2D eigenvalue weighted by Crippen LogP contribution is 2.38. The zero-order valence-corrected chi connectivity index (χ0v) is 31.1. The highest BCUT2D eigenvalue weighted by atomic mass is 19.1. The van der Waals surface area contributed by atoms with Gasteiger partial charge in [-0.05, 0) is 49.4 Å². The Labute approximate surface area is 322 Å². The number of hydrogen-bond acceptors (Lipinski definition) is 8. The van der Waals surface area contributed by atoms with Gasteiger partial charge in [-0.15, -0.1) is 0 Å². The van der Waals surface area contributed by atoms with Crippen molar-refractivity contribution in [1.29, 1.82) is 0 Å². The van der Waals surface area contributed by atoms with E-state index in [-0.39, 0.29) is 61.1 Å². The lowest BCUT2D eigenvalue weighted by atomic mass is 9.89. The summed E-state index contributed by atoms with van der Waals surface area (Å²) in [5, 5.41) is 6.04. The van der Waals surface area contributed by atoms with Crippen LogP contribution in [0.1, 0.15) is 37.2 Å². The number of imidazole rings is 1. The fourth-order valence-corrected chi connectivity index (χ4v) is 7.81. The number of alkyl halides is 1.